The van der Waals surface area contributed by atoms with Gasteiger partial charge in [0.2, 0.25) is 0 Å². The normalized spacial score (nSPS) is 12.7. The molecule has 1 rings (SSSR count). The molecule has 0 fully saturated rings. The molecule has 0 aromatic carbocycles. The van der Waals surface area contributed by atoms with Gasteiger partial charge in [0.25, 0.3) is 0 Å². The molecule has 1 atom stereocenters. The predicted octanol–water partition coefficient (Wildman–Crippen LogP) is 1.28. The Morgan fingerprint density at radius 3 is 3.07 bits per heavy atom. The van der Waals surface area contributed by atoms with Crippen LogP contribution in [0.1, 0.15) is 20.3 Å². The quantitative estimate of drug-likeness (QED) is 0.828. The molecule has 0 spiro atoms. The largest absolute Gasteiger partial charge is 0.347 e. The fourth-order valence-electron chi connectivity index (χ4n) is 1.16. The number of nitrogens with zero attached hydrogens (tertiary/aromatic N) is 2. The van der Waals surface area contributed by atoms with Gasteiger partial charge < -0.3 is 5.32 Å². The molecule has 0 radical (unpaired) electrons. The maximum absolute atomic E-state index is 11.3. The summed E-state index contributed by atoms with van der Waals surface area (Å²) in [5.41, 5.74) is -0.259. The second-order valence-corrected chi connectivity index (χ2v) is 3.95. The highest BCUT2D eigenvalue weighted by molar-refractivity contribution is 6.30. The minimum Gasteiger partial charge on any atom is -0.312 e. The standard InChI is InChI=1S/C10H16ClN3O/c1-3-8(2)12-4-5-14-7-9(11)6-13-10(14)15/h6-8,12H,3-5H2,1-2H3. The van der Waals surface area contributed by atoms with Crippen LogP contribution in [-0.4, -0.2) is 22.1 Å². The molecule has 0 bridgehead atoms. The first-order valence-electron chi connectivity index (χ1n) is 5.09. The van der Waals surface area contributed by atoms with Crippen molar-refractivity contribution in [1.29, 1.82) is 0 Å². The van der Waals surface area contributed by atoms with E-state index in [0.717, 1.165) is 13.0 Å². The third kappa shape index (κ3) is 4.01. The van der Waals surface area contributed by atoms with Gasteiger partial charge in [0.1, 0.15) is 0 Å². The van der Waals surface area contributed by atoms with Crippen molar-refractivity contribution in [2.75, 3.05) is 6.54 Å². The van der Waals surface area contributed by atoms with E-state index in [1.807, 2.05) is 0 Å². The molecule has 0 saturated carbocycles. The van der Waals surface area contributed by atoms with Crippen molar-refractivity contribution >= 4 is 11.6 Å². The van der Waals surface area contributed by atoms with Crippen LogP contribution in [-0.2, 0) is 6.54 Å². The van der Waals surface area contributed by atoms with E-state index in [-0.39, 0.29) is 5.69 Å². The Morgan fingerprint density at radius 1 is 1.67 bits per heavy atom. The molecular formula is C10H16ClN3O. The molecule has 15 heavy (non-hydrogen) atoms. The molecule has 0 aliphatic rings. The summed E-state index contributed by atoms with van der Waals surface area (Å²) >= 11 is 5.74. The van der Waals surface area contributed by atoms with Gasteiger partial charge in [0.05, 0.1) is 11.2 Å². The van der Waals surface area contributed by atoms with E-state index < -0.39 is 0 Å². The van der Waals surface area contributed by atoms with Crippen LogP contribution in [0.15, 0.2) is 17.2 Å². The van der Waals surface area contributed by atoms with Gasteiger partial charge in [-0.05, 0) is 13.3 Å². The number of aromatic nitrogens is 2. The average Bonchev–Trinajstić information content (AvgIpc) is 2.23. The third-order valence-electron chi connectivity index (χ3n) is 2.28. The molecule has 1 aromatic heterocycles. The van der Waals surface area contributed by atoms with Gasteiger partial charge in [-0.2, -0.15) is 0 Å². The van der Waals surface area contributed by atoms with Crippen LogP contribution < -0.4 is 11.0 Å². The SMILES string of the molecule is CCC(C)NCCn1cc(Cl)cnc1=O. The molecule has 5 heteroatoms. The lowest BCUT2D eigenvalue weighted by atomic mass is 10.2. The Morgan fingerprint density at radius 2 is 2.40 bits per heavy atom. The van der Waals surface area contributed by atoms with Crippen molar-refractivity contribution in [3.8, 4) is 0 Å². The molecular weight excluding hydrogens is 214 g/mol. The van der Waals surface area contributed by atoms with Crippen molar-refractivity contribution < 1.29 is 0 Å². The molecule has 0 aliphatic carbocycles. The highest BCUT2D eigenvalue weighted by Crippen LogP contribution is 2.00. The lowest BCUT2D eigenvalue weighted by Gasteiger charge is -2.11. The minimum absolute atomic E-state index is 0.259. The zero-order valence-electron chi connectivity index (χ0n) is 9.03. The molecule has 0 amide bonds. The molecule has 84 valence electrons. The van der Waals surface area contributed by atoms with Crippen LogP contribution >= 0.6 is 11.6 Å². The van der Waals surface area contributed by atoms with Crippen LogP contribution in [0, 0.1) is 0 Å². The van der Waals surface area contributed by atoms with Crippen LogP contribution in [0.3, 0.4) is 0 Å². The van der Waals surface area contributed by atoms with Crippen LogP contribution in [0.25, 0.3) is 0 Å². The lowest BCUT2D eigenvalue weighted by molar-refractivity contribution is 0.496. The summed E-state index contributed by atoms with van der Waals surface area (Å²) < 4.78 is 1.51. The van der Waals surface area contributed by atoms with E-state index in [2.05, 4.69) is 24.1 Å². The van der Waals surface area contributed by atoms with Crippen LogP contribution in [0.4, 0.5) is 0 Å². The summed E-state index contributed by atoms with van der Waals surface area (Å²) in [6, 6.07) is 0.466. The van der Waals surface area contributed by atoms with Crippen molar-refractivity contribution in [2.24, 2.45) is 0 Å². The smallest absolute Gasteiger partial charge is 0.312 e. The van der Waals surface area contributed by atoms with E-state index >= 15 is 0 Å². The fourth-order valence-corrected chi connectivity index (χ4v) is 1.33. The van der Waals surface area contributed by atoms with Crippen molar-refractivity contribution in [3.63, 3.8) is 0 Å². The van der Waals surface area contributed by atoms with Gasteiger partial charge in [0.15, 0.2) is 0 Å². The zero-order chi connectivity index (χ0) is 11.3. The van der Waals surface area contributed by atoms with Gasteiger partial charge in [0, 0.05) is 25.3 Å². The predicted molar refractivity (Wildman–Crippen MR) is 61.3 cm³/mol. The van der Waals surface area contributed by atoms with E-state index in [1.54, 1.807) is 6.20 Å². The summed E-state index contributed by atoms with van der Waals surface area (Å²) in [5, 5.41) is 3.78. The summed E-state index contributed by atoms with van der Waals surface area (Å²) in [6.45, 7) is 5.57. The Balaban J connectivity index is 2.50. The Labute approximate surface area is 94.3 Å². The van der Waals surface area contributed by atoms with Gasteiger partial charge in [-0.3, -0.25) is 4.57 Å². The lowest BCUT2D eigenvalue weighted by Crippen LogP contribution is -2.32. The van der Waals surface area contributed by atoms with Gasteiger partial charge >= 0.3 is 5.69 Å². The van der Waals surface area contributed by atoms with Crippen molar-refractivity contribution in [1.82, 2.24) is 14.9 Å². The summed E-state index contributed by atoms with van der Waals surface area (Å²) in [4.78, 5) is 14.9. The van der Waals surface area contributed by atoms with Gasteiger partial charge in [-0.1, -0.05) is 18.5 Å². The summed E-state index contributed by atoms with van der Waals surface area (Å²) in [5.74, 6) is 0. The highest BCUT2D eigenvalue weighted by Gasteiger charge is 2.00. The highest BCUT2D eigenvalue weighted by atomic mass is 35.5. The number of nitrogens with one attached hydrogen (secondary N) is 1. The average molecular weight is 230 g/mol. The number of hydrogen-bond acceptors (Lipinski definition) is 3. The maximum Gasteiger partial charge on any atom is 0.347 e. The third-order valence-corrected chi connectivity index (χ3v) is 2.48. The van der Waals surface area contributed by atoms with Crippen molar-refractivity contribution in [2.45, 2.75) is 32.9 Å². The molecule has 1 unspecified atom stereocenters. The fraction of sp³-hybridized carbons (Fsp3) is 0.600. The number of hydrogen-bond donors (Lipinski definition) is 1. The Bertz CT molecular complexity index is 364. The second-order valence-electron chi connectivity index (χ2n) is 3.51. The first-order valence-corrected chi connectivity index (χ1v) is 5.46. The molecule has 1 heterocycles. The molecule has 4 nitrogen and oxygen atoms in total. The number of rotatable bonds is 5. The van der Waals surface area contributed by atoms with Gasteiger partial charge in [-0.15, -0.1) is 0 Å². The molecule has 0 saturated heterocycles. The topological polar surface area (TPSA) is 46.9 Å². The summed E-state index contributed by atoms with van der Waals surface area (Å²) in [7, 11) is 0. The van der Waals surface area contributed by atoms with E-state index in [9.17, 15) is 4.79 Å². The maximum atomic E-state index is 11.3. The van der Waals surface area contributed by atoms with E-state index in [1.165, 1.54) is 10.8 Å². The molecule has 0 aliphatic heterocycles. The van der Waals surface area contributed by atoms with Crippen LogP contribution in [0.5, 0.6) is 0 Å². The second kappa shape index (κ2) is 5.88. The van der Waals surface area contributed by atoms with Crippen molar-refractivity contribution in [3.05, 3.63) is 27.9 Å². The number of halogens is 1. The van der Waals surface area contributed by atoms with Crippen LogP contribution in [0.2, 0.25) is 5.02 Å². The van der Waals surface area contributed by atoms with E-state index in [4.69, 9.17) is 11.6 Å². The first-order chi connectivity index (χ1) is 7.13. The summed E-state index contributed by atoms with van der Waals surface area (Å²) in [6.07, 6.45) is 4.04. The molecule has 1 aromatic rings. The minimum atomic E-state index is -0.259. The van der Waals surface area contributed by atoms with E-state index in [0.29, 0.717) is 17.6 Å². The Hall–Kier alpha value is -0.870. The monoisotopic (exact) mass is 229 g/mol. The first kappa shape index (κ1) is 12.2. The zero-order valence-corrected chi connectivity index (χ0v) is 9.79. The Kier molecular flexibility index (Phi) is 4.78. The van der Waals surface area contributed by atoms with Gasteiger partial charge in [-0.25, -0.2) is 9.78 Å². The molecule has 1 N–H and O–H groups in total.